The lowest BCUT2D eigenvalue weighted by Gasteiger charge is -2.04. The molecule has 1 N–H and O–H groups in total. The molecule has 0 spiro atoms. The van der Waals surface area contributed by atoms with Gasteiger partial charge in [-0.05, 0) is 33.4 Å². The molecule has 1 heterocycles. The third-order valence-corrected chi connectivity index (χ3v) is 1.91. The number of benzene rings is 1. The Labute approximate surface area is 106 Å². The van der Waals surface area contributed by atoms with E-state index < -0.39 is 0 Å². The van der Waals surface area contributed by atoms with Crippen molar-refractivity contribution in [2.24, 2.45) is 10.2 Å². The highest BCUT2D eigenvalue weighted by Crippen LogP contribution is 2.18. The smallest absolute Gasteiger partial charge is 0.231 e. The van der Waals surface area contributed by atoms with Gasteiger partial charge in [0.15, 0.2) is 0 Å². The fourth-order valence-corrected chi connectivity index (χ4v) is 1.23. The summed E-state index contributed by atoms with van der Waals surface area (Å²) >= 11 is 0. The van der Waals surface area contributed by atoms with Crippen molar-refractivity contribution in [3.05, 3.63) is 51.2 Å². The maximum Gasteiger partial charge on any atom is 0.231 e. The number of azide groups is 2. The summed E-state index contributed by atoms with van der Waals surface area (Å²) in [6.45, 7) is 0. The SMILES string of the molecule is [N-]=[N+]=Nc1nc(N=[N+]=[N-])nc(Nc2ccccc2)n1. The van der Waals surface area contributed by atoms with E-state index in [1.807, 2.05) is 18.2 Å². The Morgan fingerprint density at radius 3 is 2.00 bits per heavy atom. The average molecular weight is 254 g/mol. The van der Waals surface area contributed by atoms with E-state index in [-0.39, 0.29) is 17.8 Å². The molecule has 0 saturated carbocycles. The zero-order valence-corrected chi connectivity index (χ0v) is 9.41. The van der Waals surface area contributed by atoms with Crippen molar-refractivity contribution in [2.75, 3.05) is 5.32 Å². The van der Waals surface area contributed by atoms with E-state index in [1.54, 1.807) is 12.1 Å². The second-order valence-electron chi connectivity index (χ2n) is 3.13. The van der Waals surface area contributed by atoms with Crippen LogP contribution in [0.1, 0.15) is 0 Å². The minimum Gasteiger partial charge on any atom is -0.324 e. The Balaban J connectivity index is 2.38. The summed E-state index contributed by atoms with van der Waals surface area (Å²) in [5.74, 6) is -0.248. The summed E-state index contributed by atoms with van der Waals surface area (Å²) in [6, 6.07) is 9.10. The predicted octanol–water partition coefficient (Wildman–Crippen LogP) is 3.50. The molecule has 0 aliphatic rings. The Hall–Kier alpha value is -3.35. The summed E-state index contributed by atoms with van der Waals surface area (Å²) in [7, 11) is 0. The first-order valence-electron chi connectivity index (χ1n) is 5.00. The Bertz CT molecular complexity index is 632. The average Bonchev–Trinajstić information content (AvgIpc) is 2.40. The van der Waals surface area contributed by atoms with Crippen molar-refractivity contribution in [3.8, 4) is 0 Å². The number of para-hydroxylation sites is 1. The quantitative estimate of drug-likeness (QED) is 0.504. The van der Waals surface area contributed by atoms with Gasteiger partial charge in [0.25, 0.3) is 0 Å². The second-order valence-corrected chi connectivity index (χ2v) is 3.13. The van der Waals surface area contributed by atoms with Crippen molar-refractivity contribution >= 4 is 23.5 Å². The standard InChI is InChI=1S/C9H6N10/c10-18-16-8-13-7(14-9(15-8)17-19-11)12-6-4-2-1-3-5-6/h1-5H,(H,12,13,14,15). The van der Waals surface area contributed by atoms with Gasteiger partial charge in [0.2, 0.25) is 17.8 Å². The third kappa shape index (κ3) is 3.30. The van der Waals surface area contributed by atoms with E-state index in [4.69, 9.17) is 11.1 Å². The number of nitrogens with one attached hydrogen (secondary N) is 1. The van der Waals surface area contributed by atoms with E-state index in [2.05, 4.69) is 40.3 Å². The van der Waals surface area contributed by atoms with E-state index >= 15 is 0 Å². The van der Waals surface area contributed by atoms with Gasteiger partial charge in [0.05, 0.1) is 0 Å². The molecule has 2 rings (SSSR count). The molecule has 1 aromatic heterocycles. The van der Waals surface area contributed by atoms with E-state index in [1.165, 1.54) is 0 Å². The van der Waals surface area contributed by atoms with Crippen LogP contribution in [-0.2, 0) is 0 Å². The van der Waals surface area contributed by atoms with Gasteiger partial charge in [-0.2, -0.15) is 9.97 Å². The first kappa shape index (κ1) is 12.1. The number of aromatic nitrogens is 3. The van der Waals surface area contributed by atoms with Gasteiger partial charge in [-0.25, -0.2) is 4.98 Å². The summed E-state index contributed by atoms with van der Waals surface area (Å²) < 4.78 is 0. The number of hydrogen-bond donors (Lipinski definition) is 1. The molecule has 0 bridgehead atoms. The summed E-state index contributed by atoms with van der Waals surface area (Å²) in [6.07, 6.45) is 0. The topological polar surface area (TPSA) is 148 Å². The van der Waals surface area contributed by atoms with Crippen LogP contribution in [0.3, 0.4) is 0 Å². The van der Waals surface area contributed by atoms with Crippen LogP contribution < -0.4 is 5.32 Å². The first-order chi connectivity index (χ1) is 9.31. The van der Waals surface area contributed by atoms with Crippen molar-refractivity contribution in [2.45, 2.75) is 0 Å². The molecule has 0 radical (unpaired) electrons. The number of anilines is 2. The molecule has 0 fully saturated rings. The van der Waals surface area contributed by atoms with E-state index in [0.29, 0.717) is 0 Å². The molecular formula is C9H6N10. The van der Waals surface area contributed by atoms with Crippen molar-refractivity contribution in [1.29, 1.82) is 0 Å². The van der Waals surface area contributed by atoms with Gasteiger partial charge in [-0.1, -0.05) is 18.2 Å². The molecule has 2 aromatic rings. The Morgan fingerprint density at radius 1 is 0.895 bits per heavy atom. The van der Waals surface area contributed by atoms with E-state index in [9.17, 15) is 0 Å². The van der Waals surface area contributed by atoms with Crippen LogP contribution >= 0.6 is 0 Å². The fourth-order valence-electron chi connectivity index (χ4n) is 1.23. The molecule has 0 unspecified atom stereocenters. The zero-order valence-electron chi connectivity index (χ0n) is 9.41. The van der Waals surface area contributed by atoms with Crippen LogP contribution in [0.4, 0.5) is 23.5 Å². The molecule has 0 saturated heterocycles. The maximum atomic E-state index is 8.36. The molecule has 10 heteroatoms. The zero-order chi connectivity index (χ0) is 13.5. The Morgan fingerprint density at radius 2 is 1.47 bits per heavy atom. The summed E-state index contributed by atoms with van der Waals surface area (Å²) in [4.78, 5) is 16.5. The lowest BCUT2D eigenvalue weighted by atomic mass is 10.3. The molecule has 10 nitrogen and oxygen atoms in total. The highest BCUT2D eigenvalue weighted by atomic mass is 15.3. The largest absolute Gasteiger partial charge is 0.324 e. The van der Waals surface area contributed by atoms with Gasteiger partial charge in [-0.3, -0.25) is 0 Å². The lowest BCUT2D eigenvalue weighted by Crippen LogP contribution is -1.98. The van der Waals surface area contributed by atoms with Gasteiger partial charge >= 0.3 is 0 Å². The van der Waals surface area contributed by atoms with E-state index in [0.717, 1.165) is 5.69 Å². The normalized spacial score (nSPS) is 9.05. The second kappa shape index (κ2) is 5.82. The van der Waals surface area contributed by atoms with Crippen LogP contribution in [0.5, 0.6) is 0 Å². The van der Waals surface area contributed by atoms with Crippen LogP contribution in [0, 0.1) is 0 Å². The minimum absolute atomic E-state index is 0.117. The number of nitrogens with zero attached hydrogens (tertiary/aromatic N) is 9. The van der Waals surface area contributed by atoms with Crippen LogP contribution in [0.25, 0.3) is 20.9 Å². The molecule has 0 amide bonds. The van der Waals surface area contributed by atoms with Gasteiger partial charge < -0.3 is 5.32 Å². The maximum absolute atomic E-state index is 8.36. The molecule has 0 aliphatic heterocycles. The van der Waals surface area contributed by atoms with Crippen LogP contribution in [-0.4, -0.2) is 15.0 Å². The molecule has 0 aliphatic carbocycles. The van der Waals surface area contributed by atoms with Gasteiger partial charge in [0, 0.05) is 15.5 Å². The van der Waals surface area contributed by atoms with Gasteiger partial charge in [0.1, 0.15) is 0 Å². The van der Waals surface area contributed by atoms with Crippen molar-refractivity contribution in [1.82, 2.24) is 15.0 Å². The first-order valence-corrected chi connectivity index (χ1v) is 5.00. The number of rotatable bonds is 4. The highest BCUT2D eigenvalue weighted by Gasteiger charge is 2.04. The third-order valence-electron chi connectivity index (χ3n) is 1.91. The minimum atomic E-state index is -0.182. The van der Waals surface area contributed by atoms with Crippen molar-refractivity contribution < 1.29 is 0 Å². The molecule has 19 heavy (non-hydrogen) atoms. The Kier molecular flexibility index (Phi) is 3.71. The number of hydrogen-bond acceptors (Lipinski definition) is 6. The summed E-state index contributed by atoms with van der Waals surface area (Å²) in [5, 5.41) is 9.37. The summed E-state index contributed by atoms with van der Waals surface area (Å²) in [5.41, 5.74) is 17.4. The predicted molar refractivity (Wildman–Crippen MR) is 67.2 cm³/mol. The van der Waals surface area contributed by atoms with Gasteiger partial charge in [-0.15, -0.1) is 0 Å². The monoisotopic (exact) mass is 254 g/mol. The fraction of sp³-hybridized carbons (Fsp3) is 0. The lowest BCUT2D eigenvalue weighted by molar-refractivity contribution is 1.02. The van der Waals surface area contributed by atoms with Crippen LogP contribution in [0.2, 0.25) is 0 Å². The highest BCUT2D eigenvalue weighted by molar-refractivity contribution is 5.54. The van der Waals surface area contributed by atoms with Crippen LogP contribution in [0.15, 0.2) is 40.6 Å². The molecule has 1 aromatic carbocycles. The van der Waals surface area contributed by atoms with Crippen molar-refractivity contribution in [3.63, 3.8) is 0 Å². The molecule has 92 valence electrons. The molecule has 0 atom stereocenters. The molecular weight excluding hydrogens is 248 g/mol.